The monoisotopic (exact) mass is 521 g/mol. The van der Waals surface area contributed by atoms with Crippen LogP contribution in [-0.4, -0.2) is 25.9 Å². The molecule has 2 unspecified atom stereocenters. The first-order valence-electron chi connectivity index (χ1n) is 11.7. The van der Waals surface area contributed by atoms with E-state index < -0.39 is 5.92 Å². The first-order chi connectivity index (χ1) is 17.4. The predicted molar refractivity (Wildman–Crippen MR) is 141 cm³/mol. The Morgan fingerprint density at radius 2 is 1.64 bits per heavy atom. The first kappa shape index (κ1) is 24.4. The molecule has 1 heterocycles. The van der Waals surface area contributed by atoms with E-state index in [1.54, 1.807) is 49.5 Å². The Balaban J connectivity index is 1.72. The van der Waals surface area contributed by atoms with Crippen LogP contribution < -0.4 is 14.4 Å². The lowest BCUT2D eigenvalue weighted by Gasteiger charge is -2.41. The van der Waals surface area contributed by atoms with Gasteiger partial charge in [-0.3, -0.25) is 14.5 Å². The fourth-order valence-corrected chi connectivity index (χ4v) is 5.74. The van der Waals surface area contributed by atoms with Gasteiger partial charge in [0.05, 0.1) is 30.0 Å². The minimum Gasteiger partial charge on any atom is -0.497 e. The second kappa shape index (κ2) is 10.00. The summed E-state index contributed by atoms with van der Waals surface area (Å²) in [7, 11) is 3.13. The van der Waals surface area contributed by atoms with Gasteiger partial charge in [0.15, 0.2) is 5.78 Å². The number of carbonyl (C=O) groups is 2. The van der Waals surface area contributed by atoms with Crippen molar-refractivity contribution in [2.24, 2.45) is 0 Å². The molecule has 0 saturated carbocycles. The van der Waals surface area contributed by atoms with E-state index in [1.165, 1.54) is 0 Å². The molecule has 5 rings (SSSR count). The Labute approximate surface area is 220 Å². The van der Waals surface area contributed by atoms with Crippen LogP contribution >= 0.6 is 23.2 Å². The second-order valence-corrected chi connectivity index (χ2v) is 9.75. The van der Waals surface area contributed by atoms with Gasteiger partial charge in [-0.1, -0.05) is 65.7 Å². The average Bonchev–Trinajstić information content (AvgIpc) is 2.89. The number of anilines is 1. The molecule has 7 heteroatoms. The van der Waals surface area contributed by atoms with Crippen molar-refractivity contribution in [3.05, 3.63) is 99.2 Å². The summed E-state index contributed by atoms with van der Waals surface area (Å²) in [5.41, 5.74) is 3.57. The summed E-state index contributed by atoms with van der Waals surface area (Å²) in [5.74, 6) is 0.425. The van der Waals surface area contributed by atoms with Crippen molar-refractivity contribution in [3.63, 3.8) is 0 Å². The van der Waals surface area contributed by atoms with Crippen molar-refractivity contribution < 1.29 is 19.1 Å². The van der Waals surface area contributed by atoms with E-state index in [1.807, 2.05) is 36.4 Å². The molecule has 1 aliphatic heterocycles. The molecule has 3 aromatic rings. The zero-order chi connectivity index (χ0) is 25.4. The summed E-state index contributed by atoms with van der Waals surface area (Å²) < 4.78 is 11.1. The quantitative estimate of drug-likeness (QED) is 0.365. The summed E-state index contributed by atoms with van der Waals surface area (Å²) in [4.78, 5) is 29.3. The molecule has 0 N–H and O–H groups in total. The van der Waals surface area contributed by atoms with E-state index in [2.05, 4.69) is 0 Å². The van der Waals surface area contributed by atoms with Crippen molar-refractivity contribution in [2.45, 2.75) is 31.1 Å². The van der Waals surface area contributed by atoms with Crippen LogP contribution in [0.15, 0.2) is 78.0 Å². The summed E-state index contributed by atoms with van der Waals surface area (Å²) in [6, 6.07) is 20.6. The van der Waals surface area contributed by atoms with Crippen molar-refractivity contribution in [1.82, 2.24) is 0 Å². The van der Waals surface area contributed by atoms with Crippen molar-refractivity contribution >= 4 is 40.6 Å². The van der Waals surface area contributed by atoms with Crippen molar-refractivity contribution in [1.29, 1.82) is 0 Å². The van der Waals surface area contributed by atoms with Crippen LogP contribution in [0.1, 0.15) is 42.2 Å². The highest BCUT2D eigenvalue weighted by Crippen LogP contribution is 2.50. The lowest BCUT2D eigenvalue weighted by Crippen LogP contribution is -2.42. The van der Waals surface area contributed by atoms with Crippen LogP contribution in [0.4, 0.5) is 5.69 Å². The highest BCUT2D eigenvalue weighted by atomic mass is 35.5. The largest absolute Gasteiger partial charge is 0.497 e. The highest BCUT2D eigenvalue weighted by molar-refractivity contribution is 6.42. The van der Waals surface area contributed by atoms with E-state index in [0.717, 1.165) is 5.56 Å². The van der Waals surface area contributed by atoms with Gasteiger partial charge in [0.25, 0.3) is 0 Å². The van der Waals surface area contributed by atoms with Gasteiger partial charge < -0.3 is 9.47 Å². The summed E-state index contributed by atoms with van der Waals surface area (Å²) in [6.07, 6.45) is 0.960. The number of hydrogen-bond acceptors (Lipinski definition) is 4. The number of hydrogen-bond donors (Lipinski definition) is 0. The third-order valence-corrected chi connectivity index (χ3v) is 7.82. The van der Waals surface area contributed by atoms with E-state index in [4.69, 9.17) is 32.7 Å². The lowest BCUT2D eigenvalue weighted by atomic mass is 9.72. The van der Waals surface area contributed by atoms with E-state index in [0.29, 0.717) is 56.9 Å². The maximum atomic E-state index is 13.9. The van der Waals surface area contributed by atoms with Crippen LogP contribution in [0, 0.1) is 0 Å². The van der Waals surface area contributed by atoms with E-state index >= 15 is 0 Å². The van der Waals surface area contributed by atoms with Gasteiger partial charge in [-0.15, -0.1) is 0 Å². The number of ketones is 1. The molecule has 1 amide bonds. The molecule has 184 valence electrons. The van der Waals surface area contributed by atoms with Gasteiger partial charge in [0.2, 0.25) is 5.91 Å². The van der Waals surface area contributed by atoms with E-state index in [-0.39, 0.29) is 24.0 Å². The Morgan fingerprint density at radius 3 is 2.36 bits per heavy atom. The predicted octanol–water partition coefficient (Wildman–Crippen LogP) is 6.93. The van der Waals surface area contributed by atoms with Crippen molar-refractivity contribution in [3.8, 4) is 11.5 Å². The van der Waals surface area contributed by atoms with E-state index in [9.17, 15) is 9.59 Å². The molecule has 36 heavy (non-hydrogen) atoms. The van der Waals surface area contributed by atoms with Crippen LogP contribution in [0.3, 0.4) is 0 Å². The van der Waals surface area contributed by atoms with Crippen molar-refractivity contribution in [2.75, 3.05) is 19.1 Å². The SMILES string of the molecule is COc1ccc(OC)c(N2C(=O)CC(c3cccc(Cl)c3Cl)C3=C2CC(c2ccccc2)CC3=O)c1. The topological polar surface area (TPSA) is 55.8 Å². The molecular formula is C29H25Cl2NO4. The first-order valence-corrected chi connectivity index (χ1v) is 12.5. The molecule has 1 aliphatic carbocycles. The molecule has 0 radical (unpaired) electrons. The van der Waals surface area contributed by atoms with Crippen LogP contribution in [0.5, 0.6) is 11.5 Å². The Morgan fingerprint density at radius 1 is 0.861 bits per heavy atom. The molecule has 2 aliphatic rings. The van der Waals surface area contributed by atoms with Gasteiger partial charge in [-0.05, 0) is 41.7 Å². The zero-order valence-electron chi connectivity index (χ0n) is 20.0. The van der Waals surface area contributed by atoms with Gasteiger partial charge in [-0.2, -0.15) is 0 Å². The third kappa shape index (κ3) is 4.27. The number of ether oxygens (including phenoxy) is 2. The lowest BCUT2D eigenvalue weighted by molar-refractivity contribution is -0.120. The Bertz CT molecular complexity index is 1370. The van der Waals surface area contributed by atoms with Gasteiger partial charge >= 0.3 is 0 Å². The fourth-order valence-electron chi connectivity index (χ4n) is 5.30. The fraction of sp³-hybridized carbons (Fsp3) is 0.241. The maximum Gasteiger partial charge on any atom is 0.232 e. The molecule has 0 spiro atoms. The summed E-state index contributed by atoms with van der Waals surface area (Å²) in [5, 5.41) is 0.764. The molecule has 0 fully saturated rings. The van der Waals surface area contributed by atoms with Crippen LogP contribution in [-0.2, 0) is 9.59 Å². The number of methoxy groups -OCH3 is 2. The standard InChI is InChI=1S/C29H25Cl2NO4/c1-35-19-11-12-26(36-2)23(15-19)32-24-13-18(17-7-4-3-5-8-17)14-25(33)28(24)21(16-27(32)34)20-9-6-10-22(30)29(20)31/h3-12,15,18,21H,13-14,16H2,1-2H3. The minimum atomic E-state index is -0.476. The maximum absolute atomic E-state index is 13.9. The number of halogens is 2. The number of amides is 1. The minimum absolute atomic E-state index is 0.00510. The summed E-state index contributed by atoms with van der Waals surface area (Å²) >= 11 is 12.9. The Hall–Kier alpha value is -3.28. The molecule has 5 nitrogen and oxygen atoms in total. The van der Waals surface area contributed by atoms with Gasteiger partial charge in [0.1, 0.15) is 11.5 Å². The summed E-state index contributed by atoms with van der Waals surface area (Å²) in [6.45, 7) is 0. The van der Waals surface area contributed by atoms with Gasteiger partial charge in [-0.25, -0.2) is 0 Å². The van der Waals surface area contributed by atoms with Crippen LogP contribution in [0.25, 0.3) is 0 Å². The number of benzene rings is 3. The smallest absolute Gasteiger partial charge is 0.232 e. The molecular weight excluding hydrogens is 497 g/mol. The molecule has 0 saturated heterocycles. The second-order valence-electron chi connectivity index (χ2n) is 8.97. The highest BCUT2D eigenvalue weighted by Gasteiger charge is 2.43. The van der Waals surface area contributed by atoms with Gasteiger partial charge in [0, 0.05) is 36.1 Å². The number of carbonyl (C=O) groups excluding carboxylic acids is 2. The zero-order valence-corrected chi connectivity index (χ0v) is 21.5. The normalized spacial score (nSPS) is 19.8. The molecule has 0 bridgehead atoms. The molecule has 0 aromatic heterocycles. The molecule has 2 atom stereocenters. The number of Topliss-reactive ketones (excluding diaryl/α,β-unsaturated/α-hetero) is 1. The van der Waals surface area contributed by atoms with Crippen LogP contribution in [0.2, 0.25) is 10.0 Å². The average molecular weight is 522 g/mol. The molecule has 3 aromatic carbocycles. The number of rotatable bonds is 5. The number of nitrogens with zero attached hydrogens (tertiary/aromatic N) is 1. The third-order valence-electron chi connectivity index (χ3n) is 6.98. The number of allylic oxidation sites excluding steroid dienone is 2. The Kier molecular flexibility index (Phi) is 6.78.